The Bertz CT molecular complexity index is 541. The van der Waals surface area contributed by atoms with Crippen LogP contribution in [0.3, 0.4) is 0 Å². The standard InChI is InChI=1S/C11H14N4O2/c1-4-17-11(16)9-7(2)12-10(13-9)8-5-6-15(3)14-8/h5-6H,4H2,1-3H3,(H,12,13). The summed E-state index contributed by atoms with van der Waals surface area (Å²) >= 11 is 0. The fourth-order valence-corrected chi connectivity index (χ4v) is 1.52. The van der Waals surface area contributed by atoms with E-state index in [1.54, 1.807) is 18.5 Å². The van der Waals surface area contributed by atoms with Crippen LogP contribution in [0.25, 0.3) is 11.5 Å². The number of rotatable bonds is 3. The molecule has 0 atom stereocenters. The fourth-order valence-electron chi connectivity index (χ4n) is 1.52. The van der Waals surface area contributed by atoms with Crippen LogP contribution in [-0.2, 0) is 11.8 Å². The van der Waals surface area contributed by atoms with E-state index in [4.69, 9.17) is 4.74 Å². The Balaban J connectivity index is 2.33. The Morgan fingerprint density at radius 2 is 2.35 bits per heavy atom. The molecule has 1 N–H and O–H groups in total. The number of nitrogens with one attached hydrogen (secondary N) is 1. The van der Waals surface area contributed by atoms with E-state index >= 15 is 0 Å². The van der Waals surface area contributed by atoms with Gasteiger partial charge in [-0.25, -0.2) is 9.78 Å². The molecular formula is C11H14N4O2. The Hall–Kier alpha value is -2.11. The smallest absolute Gasteiger partial charge is 0.358 e. The molecule has 6 heteroatoms. The van der Waals surface area contributed by atoms with E-state index in [9.17, 15) is 4.79 Å². The molecule has 0 saturated carbocycles. The van der Waals surface area contributed by atoms with Crippen LogP contribution in [0.4, 0.5) is 0 Å². The number of aromatic nitrogens is 4. The number of hydrogen-bond donors (Lipinski definition) is 1. The summed E-state index contributed by atoms with van der Waals surface area (Å²) < 4.78 is 6.59. The Morgan fingerprint density at radius 3 is 2.94 bits per heavy atom. The van der Waals surface area contributed by atoms with Crippen LogP contribution in [-0.4, -0.2) is 32.3 Å². The molecule has 0 aliphatic heterocycles. The summed E-state index contributed by atoms with van der Waals surface area (Å²) in [5.41, 5.74) is 1.70. The van der Waals surface area contributed by atoms with Gasteiger partial charge in [-0.05, 0) is 19.9 Å². The van der Waals surface area contributed by atoms with Crippen molar-refractivity contribution in [2.75, 3.05) is 6.61 Å². The van der Waals surface area contributed by atoms with E-state index in [1.807, 2.05) is 19.3 Å². The first-order valence-electron chi connectivity index (χ1n) is 5.35. The van der Waals surface area contributed by atoms with E-state index in [0.29, 0.717) is 29.5 Å². The van der Waals surface area contributed by atoms with Gasteiger partial charge in [0.05, 0.1) is 6.61 Å². The van der Waals surface area contributed by atoms with Crippen LogP contribution >= 0.6 is 0 Å². The van der Waals surface area contributed by atoms with Gasteiger partial charge in [-0.2, -0.15) is 5.10 Å². The van der Waals surface area contributed by atoms with E-state index in [1.165, 1.54) is 0 Å². The lowest BCUT2D eigenvalue weighted by Crippen LogP contribution is -2.06. The van der Waals surface area contributed by atoms with Gasteiger partial charge in [0.25, 0.3) is 0 Å². The van der Waals surface area contributed by atoms with Crippen molar-refractivity contribution in [2.24, 2.45) is 7.05 Å². The highest BCUT2D eigenvalue weighted by molar-refractivity contribution is 5.89. The molecule has 6 nitrogen and oxygen atoms in total. The van der Waals surface area contributed by atoms with Crippen molar-refractivity contribution in [2.45, 2.75) is 13.8 Å². The highest BCUT2D eigenvalue weighted by Crippen LogP contribution is 2.16. The van der Waals surface area contributed by atoms with E-state index < -0.39 is 5.97 Å². The van der Waals surface area contributed by atoms with Crippen LogP contribution in [0.1, 0.15) is 23.1 Å². The van der Waals surface area contributed by atoms with Gasteiger partial charge in [-0.3, -0.25) is 4.68 Å². The van der Waals surface area contributed by atoms with E-state index in [0.717, 1.165) is 0 Å². The summed E-state index contributed by atoms with van der Waals surface area (Å²) in [5, 5.41) is 4.21. The van der Waals surface area contributed by atoms with Gasteiger partial charge >= 0.3 is 5.97 Å². The third-order valence-electron chi connectivity index (χ3n) is 2.31. The number of carbonyl (C=O) groups is 1. The molecule has 0 unspecified atom stereocenters. The number of imidazole rings is 1. The van der Waals surface area contributed by atoms with Gasteiger partial charge in [0.1, 0.15) is 5.69 Å². The molecule has 0 aliphatic carbocycles. The molecule has 0 fully saturated rings. The minimum Gasteiger partial charge on any atom is -0.461 e. The van der Waals surface area contributed by atoms with Crippen LogP contribution in [0.2, 0.25) is 0 Å². The normalized spacial score (nSPS) is 10.5. The van der Waals surface area contributed by atoms with Crippen molar-refractivity contribution in [3.8, 4) is 11.5 Å². The first-order valence-corrected chi connectivity index (χ1v) is 5.35. The van der Waals surface area contributed by atoms with Gasteiger partial charge in [0.15, 0.2) is 11.5 Å². The highest BCUT2D eigenvalue weighted by atomic mass is 16.5. The summed E-state index contributed by atoms with van der Waals surface area (Å²) in [6.07, 6.45) is 1.82. The van der Waals surface area contributed by atoms with E-state index in [-0.39, 0.29) is 0 Å². The zero-order chi connectivity index (χ0) is 12.4. The third kappa shape index (κ3) is 2.20. The second-order valence-corrected chi connectivity index (χ2v) is 3.65. The lowest BCUT2D eigenvalue weighted by molar-refractivity contribution is 0.0519. The molecule has 2 rings (SSSR count). The zero-order valence-corrected chi connectivity index (χ0v) is 10.0. The highest BCUT2D eigenvalue weighted by Gasteiger charge is 2.17. The van der Waals surface area contributed by atoms with Crippen molar-refractivity contribution in [1.82, 2.24) is 19.7 Å². The van der Waals surface area contributed by atoms with Crippen LogP contribution in [0.5, 0.6) is 0 Å². The summed E-state index contributed by atoms with van der Waals surface area (Å²) in [4.78, 5) is 18.8. The number of aromatic amines is 1. The van der Waals surface area contributed by atoms with Crippen LogP contribution in [0, 0.1) is 6.92 Å². The number of aryl methyl sites for hydroxylation is 2. The predicted octanol–water partition coefficient (Wildman–Crippen LogP) is 1.30. The van der Waals surface area contributed by atoms with Crippen LogP contribution < -0.4 is 0 Å². The minimum absolute atomic E-state index is 0.313. The maximum absolute atomic E-state index is 11.6. The van der Waals surface area contributed by atoms with Crippen molar-refractivity contribution in [3.63, 3.8) is 0 Å². The van der Waals surface area contributed by atoms with Crippen molar-refractivity contribution >= 4 is 5.97 Å². The first-order chi connectivity index (χ1) is 8.11. The van der Waals surface area contributed by atoms with Crippen molar-refractivity contribution in [1.29, 1.82) is 0 Å². The first kappa shape index (κ1) is 11.4. The molecule has 17 heavy (non-hydrogen) atoms. The maximum atomic E-state index is 11.6. The minimum atomic E-state index is -0.413. The molecule has 0 bridgehead atoms. The summed E-state index contributed by atoms with van der Waals surface area (Å²) in [7, 11) is 1.82. The molecule has 90 valence electrons. The molecule has 2 aromatic rings. The third-order valence-corrected chi connectivity index (χ3v) is 2.31. The van der Waals surface area contributed by atoms with Crippen molar-refractivity contribution in [3.05, 3.63) is 23.7 Å². The Labute approximate surface area is 98.6 Å². The quantitative estimate of drug-likeness (QED) is 0.812. The van der Waals surface area contributed by atoms with Gasteiger partial charge < -0.3 is 9.72 Å². The number of nitrogens with zero attached hydrogens (tertiary/aromatic N) is 3. The summed E-state index contributed by atoms with van der Waals surface area (Å²) in [5.74, 6) is 0.162. The number of hydrogen-bond acceptors (Lipinski definition) is 4. The molecule has 0 aliphatic rings. The molecule has 0 spiro atoms. The van der Waals surface area contributed by atoms with Crippen molar-refractivity contribution < 1.29 is 9.53 Å². The predicted molar refractivity (Wildman–Crippen MR) is 61.5 cm³/mol. The molecule has 2 aromatic heterocycles. The SMILES string of the molecule is CCOC(=O)c1nc(-c2ccn(C)n2)[nH]c1C. The van der Waals surface area contributed by atoms with Gasteiger partial charge in [0.2, 0.25) is 0 Å². The second-order valence-electron chi connectivity index (χ2n) is 3.65. The zero-order valence-electron chi connectivity index (χ0n) is 10.0. The number of H-pyrrole nitrogens is 1. The summed E-state index contributed by atoms with van der Waals surface area (Å²) in [6.45, 7) is 3.88. The molecule has 2 heterocycles. The molecule has 0 amide bonds. The maximum Gasteiger partial charge on any atom is 0.358 e. The second kappa shape index (κ2) is 4.40. The Kier molecular flexibility index (Phi) is 2.95. The fraction of sp³-hybridized carbons (Fsp3) is 0.364. The average molecular weight is 234 g/mol. The number of carbonyl (C=O) groups excluding carboxylic acids is 1. The molecule has 0 aromatic carbocycles. The van der Waals surface area contributed by atoms with Gasteiger partial charge in [-0.1, -0.05) is 0 Å². The van der Waals surface area contributed by atoms with Gasteiger partial charge in [-0.15, -0.1) is 0 Å². The molecule has 0 saturated heterocycles. The van der Waals surface area contributed by atoms with Gasteiger partial charge in [0, 0.05) is 18.9 Å². The molecule has 0 radical (unpaired) electrons. The number of esters is 1. The lowest BCUT2D eigenvalue weighted by atomic mass is 10.3. The van der Waals surface area contributed by atoms with Crippen LogP contribution in [0.15, 0.2) is 12.3 Å². The Morgan fingerprint density at radius 1 is 1.59 bits per heavy atom. The molecular weight excluding hydrogens is 220 g/mol. The number of ether oxygens (including phenoxy) is 1. The summed E-state index contributed by atoms with van der Waals surface area (Å²) in [6, 6.07) is 1.83. The average Bonchev–Trinajstić information content (AvgIpc) is 2.85. The lowest BCUT2D eigenvalue weighted by Gasteiger charge is -1.97. The largest absolute Gasteiger partial charge is 0.461 e. The monoisotopic (exact) mass is 234 g/mol. The topological polar surface area (TPSA) is 72.8 Å². The van der Waals surface area contributed by atoms with E-state index in [2.05, 4.69) is 15.1 Å².